The minimum Gasteiger partial charge on any atom is -0.349 e. The van der Waals surface area contributed by atoms with Crippen molar-refractivity contribution in [2.75, 3.05) is 0 Å². The van der Waals surface area contributed by atoms with E-state index in [0.29, 0.717) is 12.0 Å². The predicted molar refractivity (Wildman–Crippen MR) is 85.5 cm³/mol. The maximum Gasteiger partial charge on any atom is 0.251 e. The van der Waals surface area contributed by atoms with Crippen LogP contribution in [0, 0.1) is 12.7 Å². The minimum absolute atomic E-state index is 0.0362. The van der Waals surface area contributed by atoms with Crippen LogP contribution in [-0.4, -0.2) is 11.9 Å². The Kier molecular flexibility index (Phi) is 5.02. The summed E-state index contributed by atoms with van der Waals surface area (Å²) in [7, 11) is 0. The van der Waals surface area contributed by atoms with Crippen molar-refractivity contribution < 1.29 is 9.18 Å². The molecule has 0 bridgehead atoms. The van der Waals surface area contributed by atoms with Gasteiger partial charge in [-0.25, -0.2) is 4.39 Å². The van der Waals surface area contributed by atoms with Crippen molar-refractivity contribution in [1.82, 2.24) is 5.32 Å². The molecular formula is C17H18FNOS. The first-order chi connectivity index (χ1) is 9.95. The van der Waals surface area contributed by atoms with Gasteiger partial charge in [-0.3, -0.25) is 4.79 Å². The number of hydrogen-bond donors (Lipinski definition) is 2. The van der Waals surface area contributed by atoms with Gasteiger partial charge in [-0.1, -0.05) is 18.2 Å². The summed E-state index contributed by atoms with van der Waals surface area (Å²) in [6, 6.07) is 11.8. The number of rotatable bonds is 4. The Morgan fingerprint density at radius 2 is 1.90 bits per heavy atom. The van der Waals surface area contributed by atoms with Gasteiger partial charge in [0.1, 0.15) is 5.82 Å². The third kappa shape index (κ3) is 4.33. The quantitative estimate of drug-likeness (QED) is 0.827. The molecule has 0 heterocycles. The molecule has 0 fully saturated rings. The van der Waals surface area contributed by atoms with Crippen molar-refractivity contribution in [2.24, 2.45) is 0 Å². The number of thiol groups is 1. The molecule has 0 spiro atoms. The summed E-state index contributed by atoms with van der Waals surface area (Å²) in [5.41, 5.74) is 2.54. The molecule has 110 valence electrons. The molecule has 0 aliphatic carbocycles. The molecule has 1 atom stereocenters. The summed E-state index contributed by atoms with van der Waals surface area (Å²) < 4.78 is 12.9. The molecule has 4 heteroatoms. The van der Waals surface area contributed by atoms with Gasteiger partial charge in [-0.05, 0) is 55.7 Å². The Morgan fingerprint density at radius 1 is 1.24 bits per heavy atom. The van der Waals surface area contributed by atoms with Crippen LogP contribution in [0.2, 0.25) is 0 Å². The van der Waals surface area contributed by atoms with Crippen LogP contribution < -0.4 is 5.32 Å². The first kappa shape index (κ1) is 15.6. The molecule has 1 amide bonds. The molecule has 2 aromatic carbocycles. The van der Waals surface area contributed by atoms with E-state index in [4.69, 9.17) is 0 Å². The van der Waals surface area contributed by atoms with Gasteiger partial charge in [0, 0.05) is 16.5 Å². The van der Waals surface area contributed by atoms with Gasteiger partial charge in [0.15, 0.2) is 0 Å². The van der Waals surface area contributed by atoms with Crippen LogP contribution in [0.25, 0.3) is 0 Å². The van der Waals surface area contributed by atoms with Crippen LogP contribution in [0.15, 0.2) is 47.4 Å². The third-order valence-electron chi connectivity index (χ3n) is 3.30. The first-order valence-electron chi connectivity index (χ1n) is 6.80. The summed E-state index contributed by atoms with van der Waals surface area (Å²) in [5, 5.41) is 2.96. The van der Waals surface area contributed by atoms with Crippen molar-refractivity contribution in [3.05, 3.63) is 65.0 Å². The zero-order valence-electron chi connectivity index (χ0n) is 12.1. The van der Waals surface area contributed by atoms with Crippen molar-refractivity contribution in [2.45, 2.75) is 31.2 Å². The van der Waals surface area contributed by atoms with Crippen LogP contribution in [0.5, 0.6) is 0 Å². The van der Waals surface area contributed by atoms with Gasteiger partial charge in [0.05, 0.1) is 0 Å². The van der Waals surface area contributed by atoms with Crippen molar-refractivity contribution in [3.63, 3.8) is 0 Å². The fourth-order valence-electron chi connectivity index (χ4n) is 2.18. The van der Waals surface area contributed by atoms with E-state index in [0.717, 1.165) is 16.0 Å². The molecule has 2 rings (SSSR count). The minimum atomic E-state index is -0.253. The van der Waals surface area contributed by atoms with Gasteiger partial charge in [-0.2, -0.15) is 0 Å². The maximum atomic E-state index is 12.9. The van der Waals surface area contributed by atoms with E-state index in [1.807, 2.05) is 26.0 Å². The van der Waals surface area contributed by atoms with Crippen LogP contribution >= 0.6 is 12.6 Å². The molecule has 0 saturated carbocycles. The summed E-state index contributed by atoms with van der Waals surface area (Å²) in [4.78, 5) is 13.0. The fourth-order valence-corrected chi connectivity index (χ4v) is 2.38. The van der Waals surface area contributed by atoms with Gasteiger partial charge >= 0.3 is 0 Å². The Labute approximate surface area is 129 Å². The third-order valence-corrected chi connectivity index (χ3v) is 3.58. The lowest BCUT2D eigenvalue weighted by atomic mass is 10.1. The second kappa shape index (κ2) is 6.76. The zero-order valence-corrected chi connectivity index (χ0v) is 13.0. The number of carbonyl (C=O) groups excluding carboxylic acids is 1. The van der Waals surface area contributed by atoms with E-state index < -0.39 is 0 Å². The average Bonchev–Trinajstić information content (AvgIpc) is 2.44. The molecule has 1 N–H and O–H groups in total. The van der Waals surface area contributed by atoms with Crippen LogP contribution in [-0.2, 0) is 6.42 Å². The van der Waals surface area contributed by atoms with E-state index in [1.165, 1.54) is 12.1 Å². The number of carbonyl (C=O) groups is 1. The molecule has 0 aliphatic rings. The van der Waals surface area contributed by atoms with Gasteiger partial charge in [0.25, 0.3) is 5.91 Å². The van der Waals surface area contributed by atoms with Crippen molar-refractivity contribution in [1.29, 1.82) is 0 Å². The summed E-state index contributed by atoms with van der Waals surface area (Å²) in [6.07, 6.45) is 0.658. The maximum absolute atomic E-state index is 12.9. The molecule has 0 aliphatic heterocycles. The summed E-state index contributed by atoms with van der Waals surface area (Å²) in [6.45, 7) is 3.83. The SMILES string of the molecule is Cc1ccc(S)cc1C(=O)NC(C)Cc1ccc(F)cc1. The fraction of sp³-hybridized carbons (Fsp3) is 0.235. The van der Waals surface area contributed by atoms with E-state index in [1.54, 1.807) is 18.2 Å². The lowest BCUT2D eigenvalue weighted by molar-refractivity contribution is 0.0939. The molecule has 2 aromatic rings. The lowest BCUT2D eigenvalue weighted by Gasteiger charge is -2.15. The molecular weight excluding hydrogens is 285 g/mol. The van der Waals surface area contributed by atoms with E-state index in [-0.39, 0.29) is 17.8 Å². The number of benzene rings is 2. The number of halogens is 1. The van der Waals surface area contributed by atoms with Gasteiger partial charge in [-0.15, -0.1) is 12.6 Å². The molecule has 0 aromatic heterocycles. The average molecular weight is 303 g/mol. The van der Waals surface area contributed by atoms with Crippen LogP contribution in [0.4, 0.5) is 4.39 Å². The van der Waals surface area contributed by atoms with Crippen molar-refractivity contribution >= 4 is 18.5 Å². The topological polar surface area (TPSA) is 29.1 Å². The van der Waals surface area contributed by atoms with E-state index in [9.17, 15) is 9.18 Å². The van der Waals surface area contributed by atoms with Crippen molar-refractivity contribution in [3.8, 4) is 0 Å². The molecule has 0 saturated heterocycles. The molecule has 2 nitrogen and oxygen atoms in total. The first-order valence-corrected chi connectivity index (χ1v) is 7.25. The van der Waals surface area contributed by atoms with Gasteiger partial charge < -0.3 is 5.32 Å². The number of aryl methyl sites for hydroxylation is 1. The highest BCUT2D eigenvalue weighted by Crippen LogP contribution is 2.14. The largest absolute Gasteiger partial charge is 0.349 e. The van der Waals surface area contributed by atoms with E-state index in [2.05, 4.69) is 17.9 Å². The number of hydrogen-bond acceptors (Lipinski definition) is 2. The zero-order chi connectivity index (χ0) is 15.4. The van der Waals surface area contributed by atoms with Crippen LogP contribution in [0.1, 0.15) is 28.4 Å². The monoisotopic (exact) mass is 303 g/mol. The van der Waals surface area contributed by atoms with Gasteiger partial charge in [0.2, 0.25) is 0 Å². The number of nitrogens with one attached hydrogen (secondary N) is 1. The lowest BCUT2D eigenvalue weighted by Crippen LogP contribution is -2.34. The second-order valence-corrected chi connectivity index (χ2v) is 5.72. The van der Waals surface area contributed by atoms with Crippen LogP contribution in [0.3, 0.4) is 0 Å². The Hall–Kier alpha value is -1.81. The smallest absolute Gasteiger partial charge is 0.251 e. The molecule has 0 radical (unpaired) electrons. The standard InChI is InChI=1S/C17H18FNOS/c1-11-3-8-15(21)10-16(11)17(20)19-12(2)9-13-4-6-14(18)7-5-13/h3-8,10,12,21H,9H2,1-2H3,(H,19,20). The normalized spacial score (nSPS) is 12.0. The Bertz CT molecular complexity index is 640. The summed E-state index contributed by atoms with van der Waals surface area (Å²) in [5.74, 6) is -0.366. The molecule has 1 unspecified atom stereocenters. The highest BCUT2D eigenvalue weighted by molar-refractivity contribution is 7.80. The molecule has 21 heavy (non-hydrogen) atoms. The Balaban J connectivity index is 2.01. The predicted octanol–water partition coefficient (Wildman–Crippen LogP) is 3.78. The second-order valence-electron chi connectivity index (χ2n) is 5.20. The summed E-state index contributed by atoms with van der Waals surface area (Å²) >= 11 is 4.26. The number of amides is 1. The highest BCUT2D eigenvalue weighted by Gasteiger charge is 2.12. The van der Waals surface area contributed by atoms with E-state index >= 15 is 0 Å². The Morgan fingerprint density at radius 3 is 2.57 bits per heavy atom. The highest BCUT2D eigenvalue weighted by atomic mass is 32.1.